The molecule has 0 fully saturated rings. The van der Waals surface area contributed by atoms with Gasteiger partial charge in [-0.05, 0) is 6.07 Å². The lowest BCUT2D eigenvalue weighted by Gasteiger charge is -2.02. The number of nitrogens with zero attached hydrogens (tertiary/aromatic N) is 2. The maximum absolute atomic E-state index is 11.8. The monoisotopic (exact) mass is 214 g/mol. The van der Waals surface area contributed by atoms with Gasteiger partial charge in [0.25, 0.3) is 5.56 Å². The predicted octanol–water partition coefficient (Wildman–Crippen LogP) is 1.13. The highest BCUT2D eigenvalue weighted by atomic mass is 16.1. The van der Waals surface area contributed by atoms with Crippen molar-refractivity contribution in [1.82, 2.24) is 9.78 Å². The fraction of sp³-hybridized carbons (Fsp3) is 0.0833. The van der Waals surface area contributed by atoms with Gasteiger partial charge in [-0.15, -0.1) is 0 Å². The van der Waals surface area contributed by atoms with Gasteiger partial charge in [-0.1, -0.05) is 30.3 Å². The molecule has 1 aromatic heterocycles. The number of rotatable bonds is 3. The van der Waals surface area contributed by atoms with Gasteiger partial charge in [0.15, 0.2) is 5.78 Å². The lowest BCUT2D eigenvalue weighted by Crippen LogP contribution is -2.25. The minimum atomic E-state index is -0.271. The standard InChI is InChI=1S/C12H10N2O2/c15-11(10-5-2-1-3-6-10)9-14-12(16)7-4-8-13-14/h1-8H,9H2. The molecule has 0 bridgehead atoms. The van der Waals surface area contributed by atoms with Gasteiger partial charge in [-0.3, -0.25) is 9.59 Å². The zero-order valence-electron chi connectivity index (χ0n) is 8.54. The normalized spacial score (nSPS) is 10.0. The summed E-state index contributed by atoms with van der Waals surface area (Å²) in [5.74, 6) is -0.124. The van der Waals surface area contributed by atoms with E-state index in [0.717, 1.165) is 4.68 Å². The molecule has 0 spiro atoms. The Kier molecular flexibility index (Phi) is 2.91. The van der Waals surface area contributed by atoms with Crippen molar-refractivity contribution >= 4 is 5.78 Å². The van der Waals surface area contributed by atoms with Crippen molar-refractivity contribution in [2.24, 2.45) is 0 Å². The molecule has 80 valence electrons. The highest BCUT2D eigenvalue weighted by Crippen LogP contribution is 2.00. The lowest BCUT2D eigenvalue weighted by molar-refractivity contribution is 0.0965. The predicted molar refractivity (Wildman–Crippen MR) is 59.3 cm³/mol. The van der Waals surface area contributed by atoms with Crippen molar-refractivity contribution in [3.8, 4) is 0 Å². The van der Waals surface area contributed by atoms with Crippen LogP contribution in [0.4, 0.5) is 0 Å². The van der Waals surface area contributed by atoms with Gasteiger partial charge in [0.2, 0.25) is 0 Å². The SMILES string of the molecule is O=C(Cn1ncccc1=O)c1ccccc1. The highest BCUT2D eigenvalue weighted by Gasteiger charge is 2.06. The fourth-order valence-electron chi connectivity index (χ4n) is 1.36. The van der Waals surface area contributed by atoms with Crippen molar-refractivity contribution in [2.45, 2.75) is 6.54 Å². The number of benzene rings is 1. The van der Waals surface area contributed by atoms with E-state index in [1.807, 2.05) is 6.07 Å². The summed E-state index contributed by atoms with van der Waals surface area (Å²) in [6, 6.07) is 11.8. The third kappa shape index (κ3) is 2.23. The van der Waals surface area contributed by atoms with Crippen LogP contribution in [0.25, 0.3) is 0 Å². The number of carbonyl (C=O) groups excluding carboxylic acids is 1. The Morgan fingerprint density at radius 1 is 1.12 bits per heavy atom. The molecule has 2 rings (SSSR count). The zero-order valence-corrected chi connectivity index (χ0v) is 8.54. The summed E-state index contributed by atoms with van der Waals surface area (Å²) in [6.45, 7) is -0.0241. The number of hydrogen-bond acceptors (Lipinski definition) is 3. The van der Waals surface area contributed by atoms with Crippen LogP contribution in [-0.2, 0) is 6.54 Å². The van der Waals surface area contributed by atoms with Gasteiger partial charge in [0, 0.05) is 17.8 Å². The van der Waals surface area contributed by atoms with E-state index in [4.69, 9.17) is 0 Å². The van der Waals surface area contributed by atoms with Crippen molar-refractivity contribution in [2.75, 3.05) is 0 Å². The number of carbonyl (C=O) groups is 1. The molecule has 1 aromatic carbocycles. The molecule has 0 aliphatic heterocycles. The van der Waals surface area contributed by atoms with Crippen LogP contribution in [-0.4, -0.2) is 15.6 Å². The molecule has 0 aliphatic carbocycles. The molecule has 0 amide bonds. The molecule has 0 N–H and O–H groups in total. The molecule has 1 heterocycles. The Bertz CT molecular complexity index is 546. The second-order valence-electron chi connectivity index (χ2n) is 3.31. The van der Waals surface area contributed by atoms with Gasteiger partial charge in [-0.2, -0.15) is 5.10 Å². The Morgan fingerprint density at radius 3 is 2.56 bits per heavy atom. The summed E-state index contributed by atoms with van der Waals surface area (Å²) in [5, 5.41) is 3.83. The van der Waals surface area contributed by atoms with Crippen LogP contribution in [0.5, 0.6) is 0 Å². The Balaban J connectivity index is 2.21. The summed E-state index contributed by atoms with van der Waals surface area (Å²) < 4.78 is 1.15. The van der Waals surface area contributed by atoms with Crippen LogP contribution in [0.15, 0.2) is 53.5 Å². The number of aromatic nitrogens is 2. The first-order valence-electron chi connectivity index (χ1n) is 4.88. The largest absolute Gasteiger partial charge is 0.292 e. The minimum absolute atomic E-state index is 0.0241. The summed E-state index contributed by atoms with van der Waals surface area (Å²) in [4.78, 5) is 23.1. The fourth-order valence-corrected chi connectivity index (χ4v) is 1.36. The van der Waals surface area contributed by atoms with Gasteiger partial charge in [-0.25, -0.2) is 4.68 Å². The first-order valence-corrected chi connectivity index (χ1v) is 4.88. The molecule has 0 saturated carbocycles. The molecule has 0 atom stereocenters. The number of ketones is 1. The summed E-state index contributed by atoms with van der Waals surface area (Å²) in [6.07, 6.45) is 1.49. The van der Waals surface area contributed by atoms with E-state index in [0.29, 0.717) is 5.56 Å². The van der Waals surface area contributed by atoms with Crippen molar-refractivity contribution in [3.63, 3.8) is 0 Å². The number of hydrogen-bond donors (Lipinski definition) is 0. The van der Waals surface area contributed by atoms with Crippen LogP contribution in [0, 0.1) is 0 Å². The molecule has 2 aromatic rings. The van der Waals surface area contributed by atoms with E-state index in [9.17, 15) is 9.59 Å². The second kappa shape index (κ2) is 4.53. The lowest BCUT2D eigenvalue weighted by atomic mass is 10.1. The Labute approximate surface area is 92.2 Å². The van der Waals surface area contributed by atoms with Crippen LogP contribution in [0.1, 0.15) is 10.4 Å². The van der Waals surface area contributed by atoms with Crippen LogP contribution >= 0.6 is 0 Å². The highest BCUT2D eigenvalue weighted by molar-refractivity contribution is 5.95. The molecular weight excluding hydrogens is 204 g/mol. The molecule has 4 nitrogen and oxygen atoms in total. The molecule has 0 aliphatic rings. The topological polar surface area (TPSA) is 52.0 Å². The van der Waals surface area contributed by atoms with E-state index in [-0.39, 0.29) is 17.9 Å². The van der Waals surface area contributed by atoms with Gasteiger partial charge in [0.05, 0.1) is 0 Å². The van der Waals surface area contributed by atoms with Gasteiger partial charge < -0.3 is 0 Å². The van der Waals surface area contributed by atoms with Crippen molar-refractivity contribution in [3.05, 3.63) is 64.6 Å². The Hall–Kier alpha value is -2.23. The molecule has 0 radical (unpaired) electrons. The van der Waals surface area contributed by atoms with Gasteiger partial charge in [0.1, 0.15) is 6.54 Å². The van der Waals surface area contributed by atoms with Crippen LogP contribution in [0.2, 0.25) is 0 Å². The quantitative estimate of drug-likeness (QED) is 0.719. The van der Waals surface area contributed by atoms with Crippen molar-refractivity contribution < 1.29 is 4.79 Å². The zero-order chi connectivity index (χ0) is 11.4. The smallest absolute Gasteiger partial charge is 0.267 e. The molecular formula is C12H10N2O2. The van der Waals surface area contributed by atoms with Crippen LogP contribution in [0.3, 0.4) is 0 Å². The third-order valence-corrected chi connectivity index (χ3v) is 2.17. The molecule has 16 heavy (non-hydrogen) atoms. The first kappa shape index (κ1) is 10.3. The Morgan fingerprint density at radius 2 is 1.88 bits per heavy atom. The summed E-state index contributed by atoms with van der Waals surface area (Å²) >= 11 is 0. The average molecular weight is 214 g/mol. The maximum Gasteiger partial charge on any atom is 0.267 e. The van der Waals surface area contributed by atoms with Gasteiger partial charge >= 0.3 is 0 Å². The van der Waals surface area contributed by atoms with E-state index in [1.54, 1.807) is 30.3 Å². The third-order valence-electron chi connectivity index (χ3n) is 2.17. The maximum atomic E-state index is 11.8. The number of Topliss-reactive ketones (excluding diaryl/α,β-unsaturated/α-hetero) is 1. The van der Waals surface area contributed by atoms with Crippen molar-refractivity contribution in [1.29, 1.82) is 0 Å². The van der Waals surface area contributed by atoms with Crippen LogP contribution < -0.4 is 5.56 Å². The first-order chi connectivity index (χ1) is 7.77. The molecule has 0 unspecified atom stereocenters. The molecule has 0 saturated heterocycles. The second-order valence-corrected chi connectivity index (χ2v) is 3.31. The van der Waals surface area contributed by atoms with E-state index >= 15 is 0 Å². The molecule has 4 heteroatoms. The van der Waals surface area contributed by atoms with E-state index < -0.39 is 0 Å². The summed E-state index contributed by atoms with van der Waals surface area (Å²) in [5.41, 5.74) is 0.312. The summed E-state index contributed by atoms with van der Waals surface area (Å²) in [7, 11) is 0. The average Bonchev–Trinajstić information content (AvgIpc) is 2.33. The minimum Gasteiger partial charge on any atom is -0.292 e. The van der Waals surface area contributed by atoms with E-state index in [2.05, 4.69) is 5.10 Å². The van der Waals surface area contributed by atoms with E-state index in [1.165, 1.54) is 12.3 Å².